The Hall–Kier alpha value is -1.91. The third-order valence-electron chi connectivity index (χ3n) is 2.24. The Morgan fingerprint density at radius 2 is 2.31 bits per heavy atom. The van der Waals surface area contributed by atoms with Gasteiger partial charge in [-0.05, 0) is 12.0 Å². The second-order valence-corrected chi connectivity index (χ2v) is 4.18. The minimum absolute atomic E-state index is 0.173. The van der Waals surface area contributed by atoms with Crippen LogP contribution in [0.4, 0.5) is 0 Å². The Kier molecular flexibility index (Phi) is 2.60. The topological polar surface area (TPSA) is 78.9 Å². The minimum atomic E-state index is -0.977. The van der Waals surface area contributed by atoms with Gasteiger partial charge in [0.2, 0.25) is 0 Å². The summed E-state index contributed by atoms with van der Waals surface area (Å²) in [7, 11) is 0. The van der Waals surface area contributed by atoms with Gasteiger partial charge in [-0.25, -0.2) is 14.8 Å². The summed E-state index contributed by atoms with van der Waals surface area (Å²) < 4.78 is 0. The summed E-state index contributed by atoms with van der Waals surface area (Å²) in [4.78, 5) is 22.1. The number of carboxylic acids is 1. The predicted molar refractivity (Wildman–Crippen MR) is 59.4 cm³/mol. The van der Waals surface area contributed by atoms with Crippen molar-refractivity contribution in [3.63, 3.8) is 0 Å². The van der Waals surface area contributed by atoms with E-state index in [0.717, 1.165) is 12.2 Å². The van der Waals surface area contributed by atoms with E-state index in [-0.39, 0.29) is 5.56 Å². The first kappa shape index (κ1) is 10.6. The molecule has 0 spiro atoms. The molecule has 5 heteroatoms. The van der Waals surface area contributed by atoms with Crippen LogP contribution in [0.1, 0.15) is 30.0 Å². The van der Waals surface area contributed by atoms with Crippen molar-refractivity contribution < 1.29 is 9.90 Å². The average molecular weight is 219 g/mol. The van der Waals surface area contributed by atoms with Crippen LogP contribution in [0, 0.1) is 5.92 Å². The quantitative estimate of drug-likeness (QED) is 0.825. The van der Waals surface area contributed by atoms with Crippen LogP contribution >= 0.6 is 0 Å². The number of aromatic amines is 1. The SMILES string of the molecule is CC(C)Cc1nc2ncc(C(=O)O)cc2[nH]1. The molecule has 0 atom stereocenters. The standard InChI is InChI=1S/C11H13N3O2/c1-6(2)3-9-13-8-4-7(11(15)16)5-12-10(8)14-9/h4-6H,3H2,1-2H3,(H,15,16)(H,12,13,14). The Bertz CT molecular complexity index is 531. The maximum Gasteiger partial charge on any atom is 0.337 e. The first-order chi connectivity index (χ1) is 7.56. The van der Waals surface area contributed by atoms with Crippen LogP contribution in [0.25, 0.3) is 11.2 Å². The number of aromatic nitrogens is 3. The van der Waals surface area contributed by atoms with Crippen LogP contribution in [0.2, 0.25) is 0 Å². The lowest BCUT2D eigenvalue weighted by molar-refractivity contribution is 0.0696. The van der Waals surface area contributed by atoms with Gasteiger partial charge in [0.05, 0.1) is 11.1 Å². The van der Waals surface area contributed by atoms with E-state index in [1.165, 1.54) is 6.20 Å². The zero-order valence-corrected chi connectivity index (χ0v) is 9.19. The molecule has 0 bridgehead atoms. The molecule has 0 unspecified atom stereocenters. The molecule has 2 aromatic rings. The average Bonchev–Trinajstić information content (AvgIpc) is 2.56. The van der Waals surface area contributed by atoms with E-state index in [4.69, 9.17) is 5.11 Å². The van der Waals surface area contributed by atoms with Gasteiger partial charge in [0.15, 0.2) is 5.65 Å². The van der Waals surface area contributed by atoms with Crippen LogP contribution in [-0.2, 0) is 6.42 Å². The van der Waals surface area contributed by atoms with Gasteiger partial charge in [-0.1, -0.05) is 13.8 Å². The van der Waals surface area contributed by atoms with E-state index in [2.05, 4.69) is 28.8 Å². The number of carboxylic acid groups (broad SMARTS) is 1. The van der Waals surface area contributed by atoms with Crippen LogP contribution < -0.4 is 0 Å². The lowest BCUT2D eigenvalue weighted by Crippen LogP contribution is -1.96. The predicted octanol–water partition coefficient (Wildman–Crippen LogP) is 1.85. The van der Waals surface area contributed by atoms with Gasteiger partial charge in [0.25, 0.3) is 0 Å². The Labute approximate surface area is 92.5 Å². The monoisotopic (exact) mass is 219 g/mol. The fourth-order valence-electron chi connectivity index (χ4n) is 1.55. The van der Waals surface area contributed by atoms with E-state index in [0.29, 0.717) is 17.1 Å². The second-order valence-electron chi connectivity index (χ2n) is 4.18. The van der Waals surface area contributed by atoms with Gasteiger partial charge in [0, 0.05) is 12.6 Å². The number of nitrogens with zero attached hydrogens (tertiary/aromatic N) is 2. The third-order valence-corrected chi connectivity index (χ3v) is 2.24. The summed E-state index contributed by atoms with van der Waals surface area (Å²) in [6.45, 7) is 4.20. The van der Waals surface area contributed by atoms with Crippen LogP contribution in [-0.4, -0.2) is 26.0 Å². The zero-order valence-electron chi connectivity index (χ0n) is 9.19. The second kappa shape index (κ2) is 3.92. The van der Waals surface area contributed by atoms with Crippen molar-refractivity contribution in [3.8, 4) is 0 Å². The Morgan fingerprint density at radius 1 is 1.56 bits per heavy atom. The molecule has 0 fully saturated rings. The van der Waals surface area contributed by atoms with Crippen molar-refractivity contribution in [1.29, 1.82) is 0 Å². The molecule has 0 radical (unpaired) electrons. The first-order valence-corrected chi connectivity index (χ1v) is 5.14. The molecule has 5 nitrogen and oxygen atoms in total. The number of pyridine rings is 1. The summed E-state index contributed by atoms with van der Waals surface area (Å²) in [5.74, 6) is 0.369. The number of imidazole rings is 1. The van der Waals surface area contributed by atoms with Gasteiger partial charge in [-0.2, -0.15) is 0 Å². The molecule has 0 saturated heterocycles. The van der Waals surface area contributed by atoms with E-state index in [1.54, 1.807) is 6.07 Å². The van der Waals surface area contributed by atoms with Crippen molar-refractivity contribution in [1.82, 2.24) is 15.0 Å². The summed E-state index contributed by atoms with van der Waals surface area (Å²) in [6.07, 6.45) is 2.16. The summed E-state index contributed by atoms with van der Waals surface area (Å²) in [5, 5.41) is 8.82. The number of hydrogen-bond donors (Lipinski definition) is 2. The Morgan fingerprint density at radius 3 is 2.94 bits per heavy atom. The van der Waals surface area contributed by atoms with Gasteiger partial charge < -0.3 is 10.1 Å². The zero-order chi connectivity index (χ0) is 11.7. The highest BCUT2D eigenvalue weighted by Gasteiger charge is 2.09. The molecule has 2 aromatic heterocycles. The summed E-state index contributed by atoms with van der Waals surface area (Å²) in [5.41, 5.74) is 1.42. The largest absolute Gasteiger partial charge is 0.478 e. The van der Waals surface area contributed by atoms with Gasteiger partial charge in [0.1, 0.15) is 5.82 Å². The molecule has 0 amide bonds. The molecule has 0 aromatic carbocycles. The fourth-order valence-corrected chi connectivity index (χ4v) is 1.55. The molecule has 2 heterocycles. The van der Waals surface area contributed by atoms with E-state index in [9.17, 15) is 4.79 Å². The molecule has 0 aliphatic heterocycles. The molecule has 2 N–H and O–H groups in total. The number of nitrogens with one attached hydrogen (secondary N) is 1. The van der Waals surface area contributed by atoms with Gasteiger partial charge >= 0.3 is 5.97 Å². The molecule has 84 valence electrons. The van der Waals surface area contributed by atoms with Crippen LogP contribution in [0.3, 0.4) is 0 Å². The normalized spacial score (nSPS) is 11.2. The number of hydrogen-bond acceptors (Lipinski definition) is 3. The van der Waals surface area contributed by atoms with Gasteiger partial charge in [-0.15, -0.1) is 0 Å². The lowest BCUT2D eigenvalue weighted by Gasteiger charge is -1.98. The number of rotatable bonds is 3. The molecule has 0 aliphatic carbocycles. The Balaban J connectivity index is 2.42. The first-order valence-electron chi connectivity index (χ1n) is 5.14. The van der Waals surface area contributed by atoms with Gasteiger partial charge in [-0.3, -0.25) is 0 Å². The number of fused-ring (bicyclic) bond motifs is 1. The number of H-pyrrole nitrogens is 1. The highest BCUT2D eigenvalue weighted by Crippen LogP contribution is 2.13. The van der Waals surface area contributed by atoms with Crippen molar-refractivity contribution in [2.24, 2.45) is 5.92 Å². The van der Waals surface area contributed by atoms with E-state index in [1.807, 2.05) is 0 Å². The maximum atomic E-state index is 10.8. The highest BCUT2D eigenvalue weighted by atomic mass is 16.4. The molecule has 0 saturated carbocycles. The number of aromatic carboxylic acids is 1. The van der Waals surface area contributed by atoms with Crippen LogP contribution in [0.15, 0.2) is 12.3 Å². The molecular formula is C11H13N3O2. The van der Waals surface area contributed by atoms with E-state index < -0.39 is 5.97 Å². The smallest absolute Gasteiger partial charge is 0.337 e. The molecule has 16 heavy (non-hydrogen) atoms. The third kappa shape index (κ3) is 2.03. The van der Waals surface area contributed by atoms with Crippen molar-refractivity contribution >= 4 is 17.1 Å². The highest BCUT2D eigenvalue weighted by molar-refractivity contribution is 5.90. The lowest BCUT2D eigenvalue weighted by atomic mass is 10.1. The molecule has 2 rings (SSSR count). The van der Waals surface area contributed by atoms with E-state index >= 15 is 0 Å². The fraction of sp³-hybridized carbons (Fsp3) is 0.364. The summed E-state index contributed by atoms with van der Waals surface area (Å²) in [6, 6.07) is 1.56. The van der Waals surface area contributed by atoms with Crippen molar-refractivity contribution in [2.75, 3.05) is 0 Å². The minimum Gasteiger partial charge on any atom is -0.478 e. The summed E-state index contributed by atoms with van der Waals surface area (Å²) >= 11 is 0. The van der Waals surface area contributed by atoms with Crippen molar-refractivity contribution in [2.45, 2.75) is 20.3 Å². The van der Waals surface area contributed by atoms with Crippen LogP contribution in [0.5, 0.6) is 0 Å². The number of carbonyl (C=O) groups is 1. The molecular weight excluding hydrogens is 206 g/mol. The maximum absolute atomic E-state index is 10.8. The van der Waals surface area contributed by atoms with Crippen molar-refractivity contribution in [3.05, 3.63) is 23.7 Å². The molecule has 0 aliphatic rings.